The van der Waals surface area contributed by atoms with Crippen molar-refractivity contribution in [3.8, 4) is 11.3 Å². The van der Waals surface area contributed by atoms with E-state index < -0.39 is 0 Å². The van der Waals surface area contributed by atoms with E-state index in [1.807, 2.05) is 64.8 Å². The topological polar surface area (TPSA) is 57.4 Å². The molecule has 0 amide bonds. The first kappa shape index (κ1) is 31.0. The lowest BCUT2D eigenvalue weighted by Crippen LogP contribution is -2.33. The van der Waals surface area contributed by atoms with Crippen LogP contribution in [0.15, 0.2) is 53.8 Å². The molecule has 3 N–H and O–H groups in total. The predicted molar refractivity (Wildman–Crippen MR) is 162 cm³/mol. The van der Waals surface area contributed by atoms with E-state index >= 15 is 4.39 Å². The summed E-state index contributed by atoms with van der Waals surface area (Å²) in [7, 11) is 0. The number of aromatic amines is 1. The van der Waals surface area contributed by atoms with Crippen molar-refractivity contribution >= 4 is 11.9 Å². The van der Waals surface area contributed by atoms with Crippen molar-refractivity contribution in [1.29, 1.82) is 0 Å². The van der Waals surface area contributed by atoms with Gasteiger partial charge in [-0.05, 0) is 86.9 Å². The normalized spacial score (nSPS) is 12.8. The van der Waals surface area contributed by atoms with Gasteiger partial charge in [0.05, 0.1) is 5.69 Å². The zero-order valence-electron chi connectivity index (χ0n) is 24.7. The summed E-state index contributed by atoms with van der Waals surface area (Å²) in [6.07, 6.45) is 6.35. The third kappa shape index (κ3) is 7.02. The maximum atomic E-state index is 15.7. The van der Waals surface area contributed by atoms with E-state index in [1.165, 1.54) is 11.1 Å². The second-order valence-electron chi connectivity index (χ2n) is 9.28. The maximum Gasteiger partial charge on any atom is 0.141 e. The highest BCUT2D eigenvalue weighted by Crippen LogP contribution is 2.31. The standard InChI is InChI=1S/C29H35FN4.2C2H6/c1-6-24-21(10-8-9-19(4)31)15-26(28(30)25(24)7-2)27-16-22-17-34(20(5)32-29(22)33-27)23-13-11-18(3)12-14-23;2*1-2/h11-17,19H,5-10,31H2,1-4H3,(H,32,33);2*1-2H3. The van der Waals surface area contributed by atoms with E-state index in [0.717, 1.165) is 53.4 Å². The molecular formula is C33H47FN4. The Morgan fingerprint density at radius 1 is 1.03 bits per heavy atom. The number of aryl methyl sites for hydroxylation is 2. The van der Waals surface area contributed by atoms with Crippen molar-refractivity contribution in [2.75, 3.05) is 4.90 Å². The molecule has 0 bridgehead atoms. The number of fused-ring (bicyclic) bond motifs is 1. The van der Waals surface area contributed by atoms with Crippen molar-refractivity contribution in [2.24, 2.45) is 10.7 Å². The Bertz CT molecular complexity index is 1320. The highest BCUT2D eigenvalue weighted by Gasteiger charge is 2.20. The molecular weight excluding hydrogens is 471 g/mol. The molecule has 0 aliphatic carbocycles. The van der Waals surface area contributed by atoms with Crippen LogP contribution in [0.25, 0.3) is 17.5 Å². The fourth-order valence-electron chi connectivity index (χ4n) is 4.78. The lowest BCUT2D eigenvalue weighted by atomic mass is 9.89. The van der Waals surface area contributed by atoms with Crippen molar-refractivity contribution in [3.63, 3.8) is 0 Å². The molecule has 0 spiro atoms. The Balaban J connectivity index is 0.00000121. The summed E-state index contributed by atoms with van der Waals surface area (Å²) >= 11 is 0. The van der Waals surface area contributed by atoms with Gasteiger partial charge in [0.2, 0.25) is 0 Å². The van der Waals surface area contributed by atoms with Gasteiger partial charge < -0.3 is 15.6 Å². The summed E-state index contributed by atoms with van der Waals surface area (Å²) in [6, 6.07) is 12.4. The monoisotopic (exact) mass is 518 g/mol. The van der Waals surface area contributed by atoms with Crippen LogP contribution in [0.1, 0.15) is 83.6 Å². The SMILES string of the molecule is C=C1N=c2[nH]c(-c3cc(CCCC(C)N)c(CC)c(CC)c3F)cc2=CN1c1ccc(C)cc1.CC.CC. The molecule has 1 unspecified atom stereocenters. The molecule has 0 radical (unpaired) electrons. The minimum atomic E-state index is -0.136. The van der Waals surface area contributed by atoms with Crippen molar-refractivity contribution in [1.82, 2.24) is 4.98 Å². The van der Waals surface area contributed by atoms with E-state index in [9.17, 15) is 0 Å². The molecule has 3 aromatic rings. The van der Waals surface area contributed by atoms with Gasteiger partial charge in [-0.1, -0.05) is 65.8 Å². The van der Waals surface area contributed by atoms with Gasteiger partial charge in [0.15, 0.2) is 0 Å². The molecule has 5 heteroatoms. The molecule has 4 rings (SSSR count). The minimum absolute atomic E-state index is 0.136. The number of hydrogen-bond acceptors (Lipinski definition) is 3. The van der Waals surface area contributed by atoms with Crippen molar-refractivity contribution in [3.05, 3.63) is 87.6 Å². The fraction of sp³-hybridized carbons (Fsp3) is 0.424. The van der Waals surface area contributed by atoms with Gasteiger partial charge in [-0.25, -0.2) is 9.38 Å². The molecule has 1 aliphatic rings. The van der Waals surface area contributed by atoms with Crippen LogP contribution in [-0.2, 0) is 19.3 Å². The number of nitrogens with two attached hydrogens (primary N) is 1. The third-order valence-corrected chi connectivity index (χ3v) is 6.60. The van der Waals surface area contributed by atoms with Crippen LogP contribution in [0.4, 0.5) is 10.1 Å². The van der Waals surface area contributed by atoms with E-state index in [-0.39, 0.29) is 11.9 Å². The number of aromatic nitrogens is 1. The van der Waals surface area contributed by atoms with E-state index in [1.54, 1.807) is 0 Å². The van der Waals surface area contributed by atoms with Gasteiger partial charge in [0, 0.05) is 28.7 Å². The molecule has 1 aromatic heterocycles. The minimum Gasteiger partial charge on any atom is -0.339 e. The number of halogens is 1. The largest absolute Gasteiger partial charge is 0.339 e. The number of benzene rings is 2. The molecule has 4 nitrogen and oxygen atoms in total. The first-order chi connectivity index (χ1) is 18.3. The van der Waals surface area contributed by atoms with Gasteiger partial charge in [-0.3, -0.25) is 0 Å². The second kappa shape index (κ2) is 14.7. The fourth-order valence-corrected chi connectivity index (χ4v) is 4.78. The van der Waals surface area contributed by atoms with Crippen LogP contribution in [0, 0.1) is 12.7 Å². The molecule has 0 saturated carbocycles. The Hall–Kier alpha value is -3.18. The Morgan fingerprint density at radius 3 is 2.24 bits per heavy atom. The van der Waals surface area contributed by atoms with Crippen LogP contribution in [0.5, 0.6) is 0 Å². The molecule has 0 fully saturated rings. The average molecular weight is 519 g/mol. The first-order valence-corrected chi connectivity index (χ1v) is 14.3. The molecule has 2 aromatic carbocycles. The Morgan fingerprint density at radius 2 is 1.66 bits per heavy atom. The number of nitrogens with zero attached hydrogens (tertiary/aromatic N) is 2. The van der Waals surface area contributed by atoms with Crippen LogP contribution in [0.2, 0.25) is 0 Å². The Kier molecular flexibility index (Phi) is 12.0. The average Bonchev–Trinajstić information content (AvgIpc) is 3.33. The lowest BCUT2D eigenvalue weighted by molar-refractivity contribution is 0.603. The highest BCUT2D eigenvalue weighted by molar-refractivity contribution is 5.68. The molecule has 1 aliphatic heterocycles. The number of H-pyrrole nitrogens is 1. The summed E-state index contributed by atoms with van der Waals surface area (Å²) in [6.45, 7) is 20.4. The maximum absolute atomic E-state index is 15.7. The lowest BCUT2D eigenvalue weighted by Gasteiger charge is -2.21. The number of anilines is 1. The quantitative estimate of drug-likeness (QED) is 0.328. The predicted octanol–water partition coefficient (Wildman–Crippen LogP) is 7.33. The molecule has 1 atom stereocenters. The molecule has 206 valence electrons. The number of hydrogen-bond donors (Lipinski definition) is 2. The third-order valence-electron chi connectivity index (χ3n) is 6.60. The van der Waals surface area contributed by atoms with Gasteiger partial charge in [-0.15, -0.1) is 0 Å². The van der Waals surface area contributed by atoms with Crippen LogP contribution in [0.3, 0.4) is 0 Å². The van der Waals surface area contributed by atoms with Gasteiger partial charge in [-0.2, -0.15) is 0 Å². The van der Waals surface area contributed by atoms with Crippen LogP contribution < -0.4 is 21.3 Å². The van der Waals surface area contributed by atoms with Gasteiger partial charge in [0.25, 0.3) is 0 Å². The summed E-state index contributed by atoms with van der Waals surface area (Å²) < 4.78 is 15.7. The zero-order chi connectivity index (χ0) is 28.4. The van der Waals surface area contributed by atoms with Gasteiger partial charge in [0.1, 0.15) is 17.1 Å². The summed E-state index contributed by atoms with van der Waals surface area (Å²) in [5.41, 5.74) is 13.4. The van der Waals surface area contributed by atoms with Gasteiger partial charge >= 0.3 is 0 Å². The molecule has 38 heavy (non-hydrogen) atoms. The number of nitrogens with one attached hydrogen (secondary N) is 1. The van der Waals surface area contributed by atoms with Crippen molar-refractivity contribution < 1.29 is 4.39 Å². The summed E-state index contributed by atoms with van der Waals surface area (Å²) in [4.78, 5) is 9.99. The summed E-state index contributed by atoms with van der Waals surface area (Å²) in [5, 5.41) is 0.915. The number of rotatable bonds is 8. The van der Waals surface area contributed by atoms with Crippen molar-refractivity contribution in [2.45, 2.75) is 93.5 Å². The smallest absolute Gasteiger partial charge is 0.141 e. The zero-order valence-corrected chi connectivity index (χ0v) is 24.7. The molecule has 0 saturated heterocycles. The van der Waals surface area contributed by atoms with Crippen LogP contribution in [-0.4, -0.2) is 11.0 Å². The highest BCUT2D eigenvalue weighted by atomic mass is 19.1. The van der Waals surface area contributed by atoms with Crippen LogP contribution >= 0.6 is 0 Å². The van der Waals surface area contributed by atoms with E-state index in [4.69, 9.17) is 5.73 Å². The second-order valence-corrected chi connectivity index (χ2v) is 9.28. The molecule has 2 heterocycles. The summed E-state index contributed by atoms with van der Waals surface area (Å²) in [5.74, 6) is 0.487. The Labute approximate surface area is 229 Å². The first-order valence-electron chi connectivity index (χ1n) is 14.3. The van der Waals surface area contributed by atoms with E-state index in [2.05, 4.69) is 54.7 Å². The van der Waals surface area contributed by atoms with E-state index in [0.29, 0.717) is 23.3 Å².